The molecule has 0 aliphatic heterocycles. The van der Waals surface area contributed by atoms with Crippen molar-refractivity contribution in [2.24, 2.45) is 5.10 Å². The number of carbonyl (C=O) groups excluding carboxylic acids is 3. The lowest BCUT2D eigenvalue weighted by Gasteiger charge is -2.11. The molecule has 2 amide bonds. The summed E-state index contributed by atoms with van der Waals surface area (Å²) in [6, 6.07) is 22.7. The van der Waals surface area contributed by atoms with Crippen LogP contribution in [0.1, 0.15) is 36.6 Å². The van der Waals surface area contributed by atoms with Crippen molar-refractivity contribution in [3.8, 4) is 11.5 Å². The number of esters is 1. The first-order valence-corrected chi connectivity index (χ1v) is 12.7. The van der Waals surface area contributed by atoms with Crippen molar-refractivity contribution in [3.63, 3.8) is 0 Å². The first-order valence-electron chi connectivity index (χ1n) is 11.9. The first kappa shape index (κ1) is 28.6. The summed E-state index contributed by atoms with van der Waals surface area (Å²) in [5.74, 6) is -0.991. The molecule has 0 heterocycles. The van der Waals surface area contributed by atoms with Crippen molar-refractivity contribution in [1.82, 2.24) is 5.43 Å². The van der Waals surface area contributed by atoms with Crippen LogP contribution in [0.3, 0.4) is 0 Å². The third kappa shape index (κ3) is 7.40. The van der Waals surface area contributed by atoms with Crippen molar-refractivity contribution in [2.75, 3.05) is 12.4 Å². The molecule has 11 nitrogen and oxygen atoms in total. The Morgan fingerprint density at radius 3 is 2.27 bits per heavy atom. The summed E-state index contributed by atoms with van der Waals surface area (Å²) >= 11 is 3.35. The van der Waals surface area contributed by atoms with Gasteiger partial charge >= 0.3 is 5.97 Å². The van der Waals surface area contributed by atoms with E-state index in [1.165, 1.54) is 49.7 Å². The van der Waals surface area contributed by atoms with Gasteiger partial charge < -0.3 is 14.8 Å². The van der Waals surface area contributed by atoms with Gasteiger partial charge in [-0.05, 0) is 66.7 Å². The Bertz CT molecular complexity index is 1640. The molecule has 0 radical (unpaired) electrons. The molecule has 4 rings (SSSR count). The van der Waals surface area contributed by atoms with Crippen LogP contribution >= 0.6 is 15.9 Å². The van der Waals surface area contributed by atoms with Crippen LogP contribution in [0.25, 0.3) is 0 Å². The zero-order valence-electron chi connectivity index (χ0n) is 21.4. The Morgan fingerprint density at radius 2 is 1.59 bits per heavy atom. The van der Waals surface area contributed by atoms with Crippen LogP contribution in [0.15, 0.2) is 101 Å². The van der Waals surface area contributed by atoms with Gasteiger partial charge in [0, 0.05) is 27.7 Å². The van der Waals surface area contributed by atoms with E-state index in [-0.39, 0.29) is 28.3 Å². The molecule has 0 aliphatic carbocycles. The van der Waals surface area contributed by atoms with E-state index in [4.69, 9.17) is 9.47 Å². The molecule has 0 aromatic heterocycles. The molecule has 0 saturated carbocycles. The molecule has 0 atom stereocenters. The molecule has 2 N–H and O–H groups in total. The number of benzene rings is 4. The highest BCUT2D eigenvalue weighted by Crippen LogP contribution is 2.24. The maximum Gasteiger partial charge on any atom is 0.343 e. The van der Waals surface area contributed by atoms with E-state index in [1.807, 2.05) is 0 Å². The van der Waals surface area contributed by atoms with Crippen LogP contribution in [-0.2, 0) is 0 Å². The Hall–Kier alpha value is -5.36. The van der Waals surface area contributed by atoms with Gasteiger partial charge in [0.1, 0.15) is 11.5 Å². The molecule has 0 unspecified atom stereocenters. The van der Waals surface area contributed by atoms with E-state index in [9.17, 15) is 24.5 Å². The van der Waals surface area contributed by atoms with Gasteiger partial charge in [-0.15, -0.1) is 0 Å². The van der Waals surface area contributed by atoms with E-state index >= 15 is 0 Å². The Balaban J connectivity index is 1.45. The summed E-state index contributed by atoms with van der Waals surface area (Å²) in [7, 11) is 1.53. The highest BCUT2D eigenvalue weighted by atomic mass is 79.9. The van der Waals surface area contributed by atoms with Gasteiger partial charge in [0.05, 0.1) is 35.1 Å². The summed E-state index contributed by atoms with van der Waals surface area (Å²) in [6.45, 7) is 0. The van der Waals surface area contributed by atoms with E-state index in [1.54, 1.807) is 54.6 Å². The molecule has 0 saturated heterocycles. The fourth-order valence-electron chi connectivity index (χ4n) is 3.54. The first-order chi connectivity index (χ1) is 19.7. The third-order valence-corrected chi connectivity index (χ3v) is 6.12. The normalized spacial score (nSPS) is 10.6. The lowest BCUT2D eigenvalue weighted by Crippen LogP contribution is -2.21. The average Bonchev–Trinajstić information content (AvgIpc) is 2.98. The number of para-hydroxylation sites is 1. The van der Waals surface area contributed by atoms with E-state index in [2.05, 4.69) is 31.8 Å². The molecule has 41 heavy (non-hydrogen) atoms. The quantitative estimate of drug-likeness (QED) is 0.0816. The van der Waals surface area contributed by atoms with Gasteiger partial charge in [0.2, 0.25) is 0 Å². The van der Waals surface area contributed by atoms with E-state index in [0.29, 0.717) is 21.3 Å². The number of nitro benzene ring substituents is 1. The van der Waals surface area contributed by atoms with Gasteiger partial charge in [0.25, 0.3) is 17.5 Å². The number of methoxy groups -OCH3 is 1. The van der Waals surface area contributed by atoms with Crippen LogP contribution < -0.4 is 20.2 Å². The molecular weight excluding hydrogens is 596 g/mol. The number of halogens is 1. The summed E-state index contributed by atoms with van der Waals surface area (Å²) in [4.78, 5) is 48.5. The minimum atomic E-state index is -0.734. The third-order valence-electron chi connectivity index (χ3n) is 5.63. The number of non-ortho nitro benzene ring substituents is 1. The number of nitrogens with one attached hydrogen (secondary N) is 2. The zero-order valence-corrected chi connectivity index (χ0v) is 23.0. The second kappa shape index (κ2) is 13.1. The Morgan fingerprint density at radius 1 is 0.902 bits per heavy atom. The maximum atomic E-state index is 12.9. The predicted octanol–water partition coefficient (Wildman–Crippen LogP) is 5.60. The molecule has 206 valence electrons. The van der Waals surface area contributed by atoms with Gasteiger partial charge in [-0.25, -0.2) is 10.2 Å². The van der Waals surface area contributed by atoms with Gasteiger partial charge in [-0.3, -0.25) is 19.7 Å². The molecule has 0 aliphatic rings. The number of rotatable bonds is 9. The van der Waals surface area contributed by atoms with E-state index < -0.39 is 22.7 Å². The summed E-state index contributed by atoms with van der Waals surface area (Å²) in [5, 5.41) is 17.6. The zero-order chi connectivity index (χ0) is 29.4. The van der Waals surface area contributed by atoms with Crippen molar-refractivity contribution < 1.29 is 28.8 Å². The molecule has 12 heteroatoms. The number of ether oxygens (including phenoxy) is 2. The largest absolute Gasteiger partial charge is 0.497 e. The average molecular weight is 617 g/mol. The lowest BCUT2D eigenvalue weighted by molar-refractivity contribution is -0.384. The highest BCUT2D eigenvalue weighted by molar-refractivity contribution is 9.10. The molecule has 0 fully saturated rings. The summed E-state index contributed by atoms with van der Waals surface area (Å²) in [6.07, 6.45) is 1.29. The molecule has 4 aromatic carbocycles. The highest BCUT2D eigenvalue weighted by Gasteiger charge is 2.16. The van der Waals surface area contributed by atoms with Gasteiger partial charge in [-0.2, -0.15) is 5.10 Å². The smallest absolute Gasteiger partial charge is 0.343 e. The van der Waals surface area contributed by atoms with Crippen LogP contribution in [0.2, 0.25) is 0 Å². The predicted molar refractivity (Wildman–Crippen MR) is 155 cm³/mol. The Labute approximate surface area is 242 Å². The van der Waals surface area contributed by atoms with E-state index in [0.717, 1.165) is 0 Å². The SMILES string of the molecule is COc1ccc(C(=O)Nc2ccccc2C(=O)N/N=C\c2cc(Br)ccc2OC(=O)c2ccc([N+](=O)[O-])cc2)cc1. The fourth-order valence-corrected chi connectivity index (χ4v) is 3.92. The molecule has 4 aromatic rings. The maximum absolute atomic E-state index is 12.9. The summed E-state index contributed by atoms with van der Waals surface area (Å²) in [5.41, 5.74) is 3.55. The topological polar surface area (TPSA) is 149 Å². The van der Waals surface area contributed by atoms with Crippen molar-refractivity contribution in [3.05, 3.63) is 128 Å². The number of nitrogens with zero attached hydrogens (tertiary/aromatic N) is 2. The number of carbonyl (C=O) groups is 3. The number of nitro groups is 1. The molecule has 0 spiro atoms. The van der Waals surface area contributed by atoms with Crippen LogP contribution in [0.4, 0.5) is 11.4 Å². The van der Waals surface area contributed by atoms with Crippen molar-refractivity contribution in [2.45, 2.75) is 0 Å². The summed E-state index contributed by atoms with van der Waals surface area (Å²) < 4.78 is 11.2. The van der Waals surface area contributed by atoms with Crippen LogP contribution in [-0.4, -0.2) is 36.0 Å². The fraction of sp³-hybridized carbons (Fsp3) is 0.0345. The minimum absolute atomic E-state index is 0.114. The number of hydrazone groups is 1. The number of amides is 2. The number of hydrogen-bond acceptors (Lipinski definition) is 8. The number of hydrogen-bond donors (Lipinski definition) is 2. The Kier molecular flexibility index (Phi) is 9.17. The monoisotopic (exact) mass is 616 g/mol. The van der Waals surface area contributed by atoms with Crippen molar-refractivity contribution >= 4 is 51.3 Å². The van der Waals surface area contributed by atoms with Gasteiger partial charge in [-0.1, -0.05) is 28.1 Å². The van der Waals surface area contributed by atoms with Crippen molar-refractivity contribution in [1.29, 1.82) is 0 Å². The van der Waals surface area contributed by atoms with Crippen LogP contribution in [0, 0.1) is 10.1 Å². The second-order valence-electron chi connectivity index (χ2n) is 8.30. The lowest BCUT2D eigenvalue weighted by atomic mass is 10.1. The van der Waals surface area contributed by atoms with Gasteiger partial charge in [0.15, 0.2) is 0 Å². The molecule has 0 bridgehead atoms. The standard InChI is InChI=1S/C29H21BrN4O7/c1-40-23-13-8-18(9-14-23)27(35)32-25-5-3-2-4-24(25)28(36)33-31-17-20-16-21(30)10-15-26(20)41-29(37)19-6-11-22(12-7-19)34(38)39/h2-17H,1H3,(H,32,35)(H,33,36)/b31-17-. The number of anilines is 1. The second-order valence-corrected chi connectivity index (χ2v) is 9.22. The molecular formula is C29H21BrN4O7. The van der Waals surface area contributed by atoms with Crippen LogP contribution in [0.5, 0.6) is 11.5 Å². The minimum Gasteiger partial charge on any atom is -0.497 e.